The average Bonchev–Trinajstić information content (AvgIpc) is 3.22. The van der Waals surface area contributed by atoms with Gasteiger partial charge >= 0.3 is 0 Å². The van der Waals surface area contributed by atoms with Crippen molar-refractivity contribution in [2.24, 2.45) is 0 Å². The maximum Gasteiger partial charge on any atom is 0.241 e. The Kier molecular flexibility index (Phi) is 4.34. The standard InChI is InChI=1S/C18H20N6O2/c1-11-14-8-13(25-18(14)21-12(2)20-11)9-24(3)10-16-22-17(23-26-16)15-6-4-5-7-19-15/h4-7,13H,8-10H2,1-3H3/t13-/m1/s1. The summed E-state index contributed by atoms with van der Waals surface area (Å²) in [6.45, 7) is 5.15. The van der Waals surface area contributed by atoms with Crippen LogP contribution in [0.3, 0.4) is 0 Å². The Bertz CT molecular complexity index is 911. The molecule has 4 rings (SSSR count). The molecule has 8 nitrogen and oxygen atoms in total. The number of pyridine rings is 1. The zero-order chi connectivity index (χ0) is 18.1. The van der Waals surface area contributed by atoms with Crippen LogP contribution in [0.4, 0.5) is 0 Å². The van der Waals surface area contributed by atoms with Gasteiger partial charge in [0, 0.05) is 30.4 Å². The SMILES string of the molecule is Cc1nc(C)c2c(n1)O[C@@H](CN(C)Cc1nc(-c3ccccn3)no1)C2. The predicted molar refractivity (Wildman–Crippen MR) is 93.5 cm³/mol. The number of rotatable bonds is 5. The van der Waals surface area contributed by atoms with E-state index in [0.717, 1.165) is 30.0 Å². The van der Waals surface area contributed by atoms with E-state index >= 15 is 0 Å². The molecule has 0 radical (unpaired) electrons. The van der Waals surface area contributed by atoms with Gasteiger partial charge in [0.05, 0.1) is 6.54 Å². The second kappa shape index (κ2) is 6.80. The third-order valence-corrected chi connectivity index (χ3v) is 4.28. The van der Waals surface area contributed by atoms with Crippen LogP contribution < -0.4 is 4.74 Å². The van der Waals surface area contributed by atoms with Gasteiger partial charge in [0.15, 0.2) is 0 Å². The molecule has 0 saturated carbocycles. The van der Waals surface area contributed by atoms with Crippen LogP contribution in [-0.2, 0) is 13.0 Å². The molecule has 0 spiro atoms. The third-order valence-electron chi connectivity index (χ3n) is 4.28. The lowest BCUT2D eigenvalue weighted by atomic mass is 10.1. The number of aryl methyl sites for hydroxylation is 2. The largest absolute Gasteiger partial charge is 0.472 e. The van der Waals surface area contributed by atoms with Crippen molar-refractivity contribution in [3.8, 4) is 17.4 Å². The van der Waals surface area contributed by atoms with E-state index < -0.39 is 0 Å². The van der Waals surface area contributed by atoms with E-state index in [9.17, 15) is 0 Å². The van der Waals surface area contributed by atoms with Crippen molar-refractivity contribution in [1.82, 2.24) is 30.0 Å². The van der Waals surface area contributed by atoms with Crippen LogP contribution in [-0.4, -0.2) is 49.7 Å². The van der Waals surface area contributed by atoms with E-state index in [-0.39, 0.29) is 6.10 Å². The molecule has 1 aliphatic heterocycles. The topological polar surface area (TPSA) is 90.1 Å². The fourth-order valence-electron chi connectivity index (χ4n) is 3.13. The lowest BCUT2D eigenvalue weighted by Crippen LogP contribution is -2.31. The minimum Gasteiger partial charge on any atom is -0.472 e. The van der Waals surface area contributed by atoms with Crippen molar-refractivity contribution in [3.63, 3.8) is 0 Å². The first-order valence-corrected chi connectivity index (χ1v) is 8.52. The molecule has 0 saturated heterocycles. The van der Waals surface area contributed by atoms with Gasteiger partial charge in [-0.1, -0.05) is 11.2 Å². The Morgan fingerprint density at radius 1 is 1.19 bits per heavy atom. The van der Waals surface area contributed by atoms with Gasteiger partial charge in [-0.25, -0.2) is 4.98 Å². The Balaban J connectivity index is 1.37. The highest BCUT2D eigenvalue weighted by atomic mass is 16.5. The first-order valence-electron chi connectivity index (χ1n) is 8.52. The molecule has 0 fully saturated rings. The van der Waals surface area contributed by atoms with Crippen LogP contribution in [0, 0.1) is 13.8 Å². The summed E-state index contributed by atoms with van der Waals surface area (Å²) in [6.07, 6.45) is 2.57. The van der Waals surface area contributed by atoms with Crippen molar-refractivity contribution in [2.45, 2.75) is 32.9 Å². The van der Waals surface area contributed by atoms with Gasteiger partial charge in [0.1, 0.15) is 17.6 Å². The molecule has 8 heteroatoms. The molecule has 0 aliphatic carbocycles. The normalized spacial score (nSPS) is 15.9. The van der Waals surface area contributed by atoms with Crippen LogP contribution in [0.1, 0.15) is 23.0 Å². The Morgan fingerprint density at radius 2 is 2.08 bits per heavy atom. The highest BCUT2D eigenvalue weighted by molar-refractivity contribution is 5.47. The van der Waals surface area contributed by atoms with E-state index in [4.69, 9.17) is 9.26 Å². The average molecular weight is 352 g/mol. The van der Waals surface area contributed by atoms with Gasteiger partial charge < -0.3 is 9.26 Å². The van der Waals surface area contributed by atoms with E-state index in [1.165, 1.54) is 0 Å². The monoisotopic (exact) mass is 352 g/mol. The smallest absolute Gasteiger partial charge is 0.241 e. The molecular weight excluding hydrogens is 332 g/mol. The molecular formula is C18H20N6O2. The molecule has 26 heavy (non-hydrogen) atoms. The zero-order valence-corrected chi connectivity index (χ0v) is 15.0. The van der Waals surface area contributed by atoms with Gasteiger partial charge in [0.25, 0.3) is 0 Å². The van der Waals surface area contributed by atoms with Crippen molar-refractivity contribution in [2.75, 3.05) is 13.6 Å². The maximum atomic E-state index is 5.98. The summed E-state index contributed by atoms with van der Waals surface area (Å²) in [5, 5.41) is 4.00. The minimum atomic E-state index is 0.0444. The summed E-state index contributed by atoms with van der Waals surface area (Å²) in [6, 6.07) is 5.60. The Labute approximate surface area is 151 Å². The number of aromatic nitrogens is 5. The third kappa shape index (κ3) is 3.41. The number of likely N-dealkylation sites (N-methyl/N-ethyl adjacent to an activating group) is 1. The summed E-state index contributed by atoms with van der Waals surface area (Å²) in [5.74, 6) is 2.50. The van der Waals surface area contributed by atoms with Crippen molar-refractivity contribution in [3.05, 3.63) is 47.4 Å². The number of ether oxygens (including phenoxy) is 1. The molecule has 4 heterocycles. The van der Waals surface area contributed by atoms with Crippen molar-refractivity contribution < 1.29 is 9.26 Å². The van der Waals surface area contributed by atoms with Crippen molar-refractivity contribution in [1.29, 1.82) is 0 Å². The maximum absolute atomic E-state index is 5.98. The van der Waals surface area contributed by atoms with E-state index in [0.29, 0.717) is 29.8 Å². The molecule has 134 valence electrons. The van der Waals surface area contributed by atoms with Crippen molar-refractivity contribution >= 4 is 0 Å². The summed E-state index contributed by atoms with van der Waals surface area (Å²) >= 11 is 0. The fraction of sp³-hybridized carbons (Fsp3) is 0.389. The first-order chi connectivity index (χ1) is 12.6. The predicted octanol–water partition coefficient (Wildman–Crippen LogP) is 1.97. The van der Waals surface area contributed by atoms with Crippen LogP contribution in [0.2, 0.25) is 0 Å². The number of hydrogen-bond acceptors (Lipinski definition) is 8. The fourth-order valence-corrected chi connectivity index (χ4v) is 3.13. The molecule has 3 aromatic rings. The highest BCUT2D eigenvalue weighted by Crippen LogP contribution is 2.29. The van der Waals surface area contributed by atoms with Gasteiger partial charge in [-0.2, -0.15) is 9.97 Å². The molecule has 0 unspecified atom stereocenters. The quantitative estimate of drug-likeness (QED) is 0.688. The molecule has 1 atom stereocenters. The van der Waals surface area contributed by atoms with Crippen LogP contribution in [0.15, 0.2) is 28.9 Å². The van der Waals surface area contributed by atoms with Crippen LogP contribution in [0.5, 0.6) is 5.88 Å². The summed E-state index contributed by atoms with van der Waals surface area (Å²) in [7, 11) is 2.00. The molecule has 0 amide bonds. The van der Waals surface area contributed by atoms with Crippen LogP contribution in [0.25, 0.3) is 11.5 Å². The zero-order valence-electron chi connectivity index (χ0n) is 15.0. The molecule has 0 N–H and O–H groups in total. The summed E-state index contributed by atoms with van der Waals surface area (Å²) in [5.41, 5.74) is 2.79. The van der Waals surface area contributed by atoms with E-state index in [1.807, 2.05) is 39.1 Å². The number of fused-ring (bicyclic) bond motifs is 1. The van der Waals surface area contributed by atoms with Gasteiger partial charge in [-0.05, 0) is 33.0 Å². The van der Waals surface area contributed by atoms with Gasteiger partial charge in [-0.15, -0.1) is 0 Å². The van der Waals surface area contributed by atoms with Gasteiger partial charge in [-0.3, -0.25) is 9.88 Å². The van der Waals surface area contributed by atoms with Gasteiger partial charge in [0.2, 0.25) is 17.6 Å². The Morgan fingerprint density at radius 3 is 2.88 bits per heavy atom. The molecule has 0 aromatic carbocycles. The Hall–Kier alpha value is -2.87. The summed E-state index contributed by atoms with van der Waals surface area (Å²) in [4.78, 5) is 19.6. The number of hydrogen-bond donors (Lipinski definition) is 0. The summed E-state index contributed by atoms with van der Waals surface area (Å²) < 4.78 is 11.3. The number of nitrogens with zero attached hydrogens (tertiary/aromatic N) is 6. The van der Waals surface area contributed by atoms with E-state index in [2.05, 4.69) is 30.0 Å². The lowest BCUT2D eigenvalue weighted by Gasteiger charge is -2.18. The highest BCUT2D eigenvalue weighted by Gasteiger charge is 2.28. The first kappa shape index (κ1) is 16.6. The molecule has 3 aromatic heterocycles. The second-order valence-electron chi connectivity index (χ2n) is 6.51. The molecule has 0 bridgehead atoms. The van der Waals surface area contributed by atoms with Crippen LogP contribution >= 0.6 is 0 Å². The molecule has 1 aliphatic rings. The lowest BCUT2D eigenvalue weighted by molar-refractivity contribution is 0.151. The van der Waals surface area contributed by atoms with E-state index in [1.54, 1.807) is 6.20 Å². The second-order valence-corrected chi connectivity index (χ2v) is 6.51. The minimum absolute atomic E-state index is 0.0444.